The average molecular weight is 296 g/mol. The van der Waals surface area contributed by atoms with Crippen LogP contribution in [0.15, 0.2) is 18.2 Å². The lowest BCUT2D eigenvalue weighted by molar-refractivity contribution is -0.120. The maximum Gasteiger partial charge on any atom is 0.221 e. The lowest BCUT2D eigenvalue weighted by atomic mass is 10.1. The lowest BCUT2D eigenvalue weighted by Crippen LogP contribution is -2.28. The number of nitrogens with zero attached hydrogens (tertiary/aromatic N) is 1. The predicted molar refractivity (Wildman–Crippen MR) is 83.4 cm³/mol. The largest absolute Gasteiger partial charge is 0.368 e. The van der Waals surface area contributed by atoms with Crippen LogP contribution in [0.4, 0.5) is 5.69 Å². The molecular formula is C15H22ClN3O. The topological polar surface area (TPSA) is 44.4 Å². The van der Waals surface area contributed by atoms with Gasteiger partial charge in [0.25, 0.3) is 0 Å². The van der Waals surface area contributed by atoms with Gasteiger partial charge < -0.3 is 15.5 Å². The predicted octanol–water partition coefficient (Wildman–Crippen LogP) is 2.34. The highest BCUT2D eigenvalue weighted by Crippen LogP contribution is 2.29. The first-order valence-electron chi connectivity index (χ1n) is 7.16. The van der Waals surface area contributed by atoms with Gasteiger partial charge in [0.15, 0.2) is 0 Å². The molecule has 0 aliphatic carbocycles. The Morgan fingerprint density at radius 2 is 2.25 bits per heavy atom. The zero-order chi connectivity index (χ0) is 14.5. The van der Waals surface area contributed by atoms with Crippen LogP contribution in [0, 0.1) is 0 Å². The molecular weight excluding hydrogens is 274 g/mol. The highest BCUT2D eigenvalue weighted by atomic mass is 35.5. The van der Waals surface area contributed by atoms with Crippen LogP contribution in [-0.4, -0.2) is 32.1 Å². The van der Waals surface area contributed by atoms with Crippen LogP contribution in [0.25, 0.3) is 0 Å². The van der Waals surface area contributed by atoms with E-state index in [0.717, 1.165) is 23.8 Å². The van der Waals surface area contributed by atoms with Crippen molar-refractivity contribution >= 4 is 23.2 Å². The van der Waals surface area contributed by atoms with Crippen molar-refractivity contribution in [2.75, 3.05) is 31.1 Å². The molecule has 20 heavy (non-hydrogen) atoms. The third-order valence-electron chi connectivity index (χ3n) is 3.64. The normalized spacial score (nSPS) is 17.6. The highest BCUT2D eigenvalue weighted by Gasteiger charge is 2.16. The fourth-order valence-electron chi connectivity index (χ4n) is 2.48. The number of rotatable bonds is 4. The summed E-state index contributed by atoms with van der Waals surface area (Å²) in [4.78, 5) is 13.5. The molecule has 2 rings (SSSR count). The van der Waals surface area contributed by atoms with Gasteiger partial charge in [0, 0.05) is 32.1 Å². The molecule has 110 valence electrons. The molecule has 0 radical (unpaired) electrons. The van der Waals surface area contributed by atoms with E-state index in [1.807, 2.05) is 6.07 Å². The summed E-state index contributed by atoms with van der Waals surface area (Å²) < 4.78 is 0. The third-order valence-corrected chi connectivity index (χ3v) is 3.94. The Kier molecular flexibility index (Phi) is 5.26. The Labute approximate surface area is 125 Å². The number of amides is 1. The van der Waals surface area contributed by atoms with Crippen molar-refractivity contribution in [3.05, 3.63) is 28.8 Å². The number of carbonyl (C=O) groups is 1. The van der Waals surface area contributed by atoms with Crippen molar-refractivity contribution < 1.29 is 4.79 Å². The van der Waals surface area contributed by atoms with Gasteiger partial charge in [-0.1, -0.05) is 24.6 Å². The summed E-state index contributed by atoms with van der Waals surface area (Å²) in [6, 6.07) is 6.47. The van der Waals surface area contributed by atoms with Gasteiger partial charge in [0.05, 0.1) is 10.7 Å². The van der Waals surface area contributed by atoms with Crippen LogP contribution in [-0.2, 0) is 4.79 Å². The van der Waals surface area contributed by atoms with Crippen LogP contribution >= 0.6 is 11.6 Å². The molecule has 0 bridgehead atoms. The molecule has 1 unspecified atom stereocenters. The van der Waals surface area contributed by atoms with Crippen LogP contribution in [0.1, 0.15) is 31.9 Å². The van der Waals surface area contributed by atoms with Gasteiger partial charge in [0.2, 0.25) is 5.91 Å². The molecule has 1 aliphatic rings. The number of nitrogens with one attached hydrogen (secondary N) is 2. The molecule has 1 amide bonds. The molecule has 1 saturated heterocycles. The molecule has 1 heterocycles. The van der Waals surface area contributed by atoms with Gasteiger partial charge in [-0.2, -0.15) is 0 Å². The number of halogens is 1. The summed E-state index contributed by atoms with van der Waals surface area (Å²) in [6.45, 7) is 7.34. The van der Waals surface area contributed by atoms with Crippen molar-refractivity contribution in [2.24, 2.45) is 0 Å². The quantitative estimate of drug-likeness (QED) is 0.896. The second kappa shape index (κ2) is 6.95. The van der Waals surface area contributed by atoms with E-state index in [1.54, 1.807) is 0 Å². The van der Waals surface area contributed by atoms with Crippen molar-refractivity contribution in [1.82, 2.24) is 10.6 Å². The van der Waals surface area contributed by atoms with Crippen molar-refractivity contribution in [1.29, 1.82) is 0 Å². The van der Waals surface area contributed by atoms with E-state index in [-0.39, 0.29) is 5.91 Å². The Balaban J connectivity index is 2.14. The van der Waals surface area contributed by atoms with E-state index in [1.165, 1.54) is 5.56 Å². The van der Waals surface area contributed by atoms with Crippen molar-refractivity contribution in [2.45, 2.75) is 26.3 Å². The average Bonchev–Trinajstić information content (AvgIpc) is 2.64. The minimum absolute atomic E-state index is 0.112. The number of hydrogen-bond acceptors (Lipinski definition) is 3. The maximum absolute atomic E-state index is 11.4. The lowest BCUT2D eigenvalue weighted by Gasteiger charge is -2.24. The van der Waals surface area contributed by atoms with Crippen LogP contribution in [0.5, 0.6) is 0 Å². The number of carbonyl (C=O) groups excluding carboxylic acids is 1. The summed E-state index contributed by atoms with van der Waals surface area (Å²) in [5.41, 5.74) is 2.19. The summed E-state index contributed by atoms with van der Waals surface area (Å²) in [5, 5.41) is 7.00. The number of anilines is 1. The first-order valence-corrected chi connectivity index (χ1v) is 7.54. The molecule has 0 aromatic heterocycles. The van der Waals surface area contributed by atoms with Crippen LogP contribution in [0.2, 0.25) is 5.02 Å². The molecule has 4 nitrogen and oxygen atoms in total. The van der Waals surface area contributed by atoms with Crippen LogP contribution in [0.3, 0.4) is 0 Å². The number of benzene rings is 1. The standard InChI is InChI=1S/C15H22ClN3O/c1-3-17-11(2)12-4-5-14(13(16)10-12)19-8-6-15(20)18-7-9-19/h4-5,10-11,17H,3,6-9H2,1-2H3,(H,18,20). The number of hydrogen-bond donors (Lipinski definition) is 2. The minimum atomic E-state index is 0.112. The first kappa shape index (κ1) is 15.1. The smallest absolute Gasteiger partial charge is 0.221 e. The Morgan fingerprint density at radius 3 is 2.95 bits per heavy atom. The first-order chi connectivity index (χ1) is 9.61. The Morgan fingerprint density at radius 1 is 1.45 bits per heavy atom. The van der Waals surface area contributed by atoms with E-state index in [0.29, 0.717) is 25.6 Å². The molecule has 0 spiro atoms. The highest BCUT2D eigenvalue weighted by molar-refractivity contribution is 6.33. The van der Waals surface area contributed by atoms with E-state index >= 15 is 0 Å². The van der Waals surface area contributed by atoms with Gasteiger partial charge in [-0.05, 0) is 31.2 Å². The van der Waals surface area contributed by atoms with Gasteiger partial charge in [-0.25, -0.2) is 0 Å². The second-order valence-electron chi connectivity index (χ2n) is 5.08. The van der Waals surface area contributed by atoms with Crippen molar-refractivity contribution in [3.63, 3.8) is 0 Å². The Bertz CT molecular complexity index is 478. The minimum Gasteiger partial charge on any atom is -0.368 e. The van der Waals surface area contributed by atoms with Crippen molar-refractivity contribution in [3.8, 4) is 0 Å². The fourth-order valence-corrected chi connectivity index (χ4v) is 2.79. The monoisotopic (exact) mass is 295 g/mol. The van der Waals surface area contributed by atoms with E-state index < -0.39 is 0 Å². The zero-order valence-corrected chi connectivity index (χ0v) is 12.8. The summed E-state index contributed by atoms with van der Waals surface area (Å²) in [7, 11) is 0. The Hall–Kier alpha value is -1.26. The van der Waals surface area contributed by atoms with E-state index in [4.69, 9.17) is 11.6 Å². The SMILES string of the molecule is CCNC(C)c1ccc(N2CCNC(=O)CC2)c(Cl)c1. The van der Waals surface area contributed by atoms with Gasteiger partial charge in [-0.3, -0.25) is 4.79 Å². The molecule has 1 aromatic rings. The second-order valence-corrected chi connectivity index (χ2v) is 5.48. The van der Waals surface area contributed by atoms with E-state index in [2.05, 4.69) is 41.5 Å². The maximum atomic E-state index is 11.4. The van der Waals surface area contributed by atoms with Gasteiger partial charge in [0.1, 0.15) is 0 Å². The van der Waals surface area contributed by atoms with E-state index in [9.17, 15) is 4.79 Å². The molecule has 1 atom stereocenters. The molecule has 1 fully saturated rings. The summed E-state index contributed by atoms with van der Waals surface area (Å²) in [5.74, 6) is 0.112. The molecule has 2 N–H and O–H groups in total. The molecule has 5 heteroatoms. The molecule has 1 aromatic carbocycles. The van der Waals surface area contributed by atoms with Gasteiger partial charge in [-0.15, -0.1) is 0 Å². The molecule has 1 aliphatic heterocycles. The zero-order valence-electron chi connectivity index (χ0n) is 12.1. The molecule has 0 saturated carbocycles. The fraction of sp³-hybridized carbons (Fsp3) is 0.533. The summed E-state index contributed by atoms with van der Waals surface area (Å²) in [6.07, 6.45) is 0.520. The third kappa shape index (κ3) is 3.64. The van der Waals surface area contributed by atoms with Crippen LogP contribution < -0.4 is 15.5 Å². The summed E-state index contributed by atoms with van der Waals surface area (Å²) >= 11 is 6.42. The van der Waals surface area contributed by atoms with Gasteiger partial charge >= 0.3 is 0 Å².